The van der Waals surface area contributed by atoms with E-state index in [4.69, 9.17) is 17.3 Å². The minimum atomic E-state index is -1.14. The Morgan fingerprint density at radius 1 is 1.40 bits per heavy atom. The van der Waals surface area contributed by atoms with Gasteiger partial charge in [-0.05, 0) is 30.7 Å². The van der Waals surface area contributed by atoms with Gasteiger partial charge in [-0.15, -0.1) is 0 Å². The number of nitrogens with two attached hydrogens (primary N) is 1. The molecule has 2 atom stereocenters. The lowest BCUT2D eigenvalue weighted by molar-refractivity contribution is 0.0149. The number of halogens is 2. The van der Waals surface area contributed by atoms with Crippen molar-refractivity contribution >= 4 is 11.6 Å². The number of rotatable bonds is 4. The second kappa shape index (κ2) is 5.42. The number of aliphatic hydroxyl groups excluding tert-OH is 2. The Morgan fingerprint density at radius 2 is 2.07 bits per heavy atom. The molecule has 0 aliphatic carbocycles. The molecule has 0 bridgehead atoms. The first kappa shape index (κ1) is 12.4. The lowest BCUT2D eigenvalue weighted by Crippen LogP contribution is -2.21. The molecule has 84 valence electrons. The van der Waals surface area contributed by atoms with Gasteiger partial charge < -0.3 is 15.9 Å². The molecule has 1 aromatic rings. The van der Waals surface area contributed by atoms with Gasteiger partial charge in [-0.3, -0.25) is 0 Å². The monoisotopic (exact) mass is 233 g/mol. The van der Waals surface area contributed by atoms with Crippen molar-refractivity contribution in [1.29, 1.82) is 0 Å². The van der Waals surface area contributed by atoms with Crippen molar-refractivity contribution in [2.75, 3.05) is 6.54 Å². The summed E-state index contributed by atoms with van der Waals surface area (Å²) in [6.07, 6.45) is -1.87. The highest BCUT2D eigenvalue weighted by Gasteiger charge is 2.18. The van der Waals surface area contributed by atoms with E-state index >= 15 is 0 Å². The molecule has 0 fully saturated rings. The zero-order valence-electron chi connectivity index (χ0n) is 8.03. The summed E-state index contributed by atoms with van der Waals surface area (Å²) in [6, 6.07) is 3.91. The summed E-state index contributed by atoms with van der Waals surface area (Å²) in [5, 5.41) is 19.1. The summed E-state index contributed by atoms with van der Waals surface area (Å²) in [6.45, 7) is 0.258. The van der Waals surface area contributed by atoms with Gasteiger partial charge in [-0.2, -0.15) is 0 Å². The Kier molecular flexibility index (Phi) is 4.47. The number of aliphatic hydroxyl groups is 2. The van der Waals surface area contributed by atoms with E-state index in [0.717, 1.165) is 6.07 Å². The molecule has 1 rings (SSSR count). The van der Waals surface area contributed by atoms with Gasteiger partial charge in [-0.25, -0.2) is 4.39 Å². The van der Waals surface area contributed by atoms with Gasteiger partial charge >= 0.3 is 0 Å². The van der Waals surface area contributed by atoms with Crippen LogP contribution in [0.2, 0.25) is 5.02 Å². The van der Waals surface area contributed by atoms with Gasteiger partial charge in [0, 0.05) is 0 Å². The van der Waals surface area contributed by atoms with Crippen LogP contribution in [0.4, 0.5) is 4.39 Å². The first-order valence-corrected chi connectivity index (χ1v) is 4.95. The molecule has 4 N–H and O–H groups in total. The van der Waals surface area contributed by atoms with Crippen LogP contribution in [0.25, 0.3) is 0 Å². The number of hydrogen-bond acceptors (Lipinski definition) is 3. The average molecular weight is 234 g/mol. The number of hydrogen-bond donors (Lipinski definition) is 3. The van der Waals surface area contributed by atoms with Crippen LogP contribution in [0.15, 0.2) is 18.2 Å². The fourth-order valence-corrected chi connectivity index (χ4v) is 1.36. The highest BCUT2D eigenvalue weighted by atomic mass is 35.5. The van der Waals surface area contributed by atoms with E-state index in [1.807, 2.05) is 0 Å². The lowest BCUT2D eigenvalue weighted by atomic mass is 10.0. The molecule has 3 nitrogen and oxygen atoms in total. The molecule has 0 heterocycles. The SMILES string of the molecule is NCCC(O)C(O)c1ccc(Cl)c(F)c1. The maximum absolute atomic E-state index is 13.0. The standard InChI is InChI=1S/C10H13ClFNO2/c11-7-2-1-6(5-8(7)12)10(15)9(14)3-4-13/h1-2,5,9-10,14-15H,3-4,13H2. The molecule has 0 saturated heterocycles. The second-order valence-corrected chi connectivity index (χ2v) is 3.67. The Morgan fingerprint density at radius 3 is 2.60 bits per heavy atom. The first-order valence-electron chi connectivity index (χ1n) is 4.57. The van der Waals surface area contributed by atoms with Crippen molar-refractivity contribution in [2.24, 2.45) is 5.73 Å². The van der Waals surface area contributed by atoms with Crippen molar-refractivity contribution < 1.29 is 14.6 Å². The summed E-state index contributed by atoms with van der Waals surface area (Å²) in [5.41, 5.74) is 5.52. The molecule has 0 amide bonds. The van der Waals surface area contributed by atoms with Gasteiger partial charge in [0.1, 0.15) is 11.9 Å². The van der Waals surface area contributed by atoms with Gasteiger partial charge in [0.15, 0.2) is 0 Å². The summed E-state index contributed by atoms with van der Waals surface area (Å²) in [5.74, 6) is -0.617. The molecular formula is C10H13ClFNO2. The molecule has 0 spiro atoms. The third-order valence-electron chi connectivity index (χ3n) is 2.11. The Hall–Kier alpha value is -0.680. The second-order valence-electron chi connectivity index (χ2n) is 3.26. The van der Waals surface area contributed by atoms with Gasteiger partial charge in [0.05, 0.1) is 11.1 Å². The van der Waals surface area contributed by atoms with Crippen LogP contribution < -0.4 is 5.73 Å². The van der Waals surface area contributed by atoms with Crippen molar-refractivity contribution in [1.82, 2.24) is 0 Å². The van der Waals surface area contributed by atoms with Crippen molar-refractivity contribution in [2.45, 2.75) is 18.6 Å². The molecule has 1 aromatic carbocycles. The van der Waals surface area contributed by atoms with Gasteiger partial charge in [0.25, 0.3) is 0 Å². The quantitative estimate of drug-likeness (QED) is 0.733. The highest BCUT2D eigenvalue weighted by Crippen LogP contribution is 2.23. The molecule has 0 aliphatic rings. The Balaban J connectivity index is 2.81. The van der Waals surface area contributed by atoms with Crippen molar-refractivity contribution in [3.05, 3.63) is 34.6 Å². The molecule has 0 aliphatic heterocycles. The largest absolute Gasteiger partial charge is 0.390 e. The van der Waals surface area contributed by atoms with Crippen LogP contribution in [0.3, 0.4) is 0 Å². The molecule has 0 radical (unpaired) electrons. The maximum Gasteiger partial charge on any atom is 0.142 e. The fraction of sp³-hybridized carbons (Fsp3) is 0.400. The molecular weight excluding hydrogens is 221 g/mol. The first-order chi connectivity index (χ1) is 7.06. The number of benzene rings is 1. The van der Waals surface area contributed by atoms with E-state index in [1.54, 1.807) is 0 Å². The van der Waals surface area contributed by atoms with E-state index in [2.05, 4.69) is 0 Å². The van der Waals surface area contributed by atoms with Crippen LogP contribution in [0, 0.1) is 5.82 Å². The molecule has 2 unspecified atom stereocenters. The van der Waals surface area contributed by atoms with E-state index in [0.29, 0.717) is 0 Å². The minimum Gasteiger partial charge on any atom is -0.390 e. The molecule has 15 heavy (non-hydrogen) atoms. The predicted octanol–water partition coefficient (Wildman–Crippen LogP) is 1.22. The van der Waals surface area contributed by atoms with Crippen LogP contribution in [-0.4, -0.2) is 22.9 Å². The summed E-state index contributed by atoms with van der Waals surface area (Å²) in [4.78, 5) is 0. The van der Waals surface area contributed by atoms with Crippen LogP contribution in [0.1, 0.15) is 18.1 Å². The van der Waals surface area contributed by atoms with Crippen LogP contribution >= 0.6 is 11.6 Å². The van der Waals surface area contributed by atoms with E-state index in [-0.39, 0.29) is 23.6 Å². The average Bonchev–Trinajstić information content (AvgIpc) is 2.21. The zero-order valence-corrected chi connectivity index (χ0v) is 8.78. The smallest absolute Gasteiger partial charge is 0.142 e. The van der Waals surface area contributed by atoms with Crippen LogP contribution in [0.5, 0.6) is 0 Å². The fourth-order valence-electron chi connectivity index (χ4n) is 1.25. The Labute approximate surface area is 92.3 Å². The summed E-state index contributed by atoms with van der Waals surface area (Å²) >= 11 is 5.49. The minimum absolute atomic E-state index is 0.0146. The predicted molar refractivity (Wildman–Crippen MR) is 56.0 cm³/mol. The summed E-state index contributed by atoms with van der Waals surface area (Å²) < 4.78 is 13.0. The normalized spacial score (nSPS) is 15.0. The summed E-state index contributed by atoms with van der Waals surface area (Å²) in [7, 11) is 0. The van der Waals surface area contributed by atoms with Gasteiger partial charge in [-0.1, -0.05) is 17.7 Å². The topological polar surface area (TPSA) is 66.5 Å². The third-order valence-corrected chi connectivity index (χ3v) is 2.42. The molecule has 0 aromatic heterocycles. The molecule has 0 saturated carbocycles. The lowest BCUT2D eigenvalue weighted by Gasteiger charge is -2.17. The van der Waals surface area contributed by atoms with E-state index < -0.39 is 18.0 Å². The highest BCUT2D eigenvalue weighted by molar-refractivity contribution is 6.30. The van der Waals surface area contributed by atoms with E-state index in [9.17, 15) is 14.6 Å². The molecule has 5 heteroatoms. The van der Waals surface area contributed by atoms with Crippen molar-refractivity contribution in [3.8, 4) is 0 Å². The third kappa shape index (κ3) is 3.14. The zero-order chi connectivity index (χ0) is 11.4. The van der Waals surface area contributed by atoms with Crippen LogP contribution in [-0.2, 0) is 0 Å². The Bertz CT molecular complexity index is 335. The van der Waals surface area contributed by atoms with Gasteiger partial charge in [0.2, 0.25) is 0 Å². The van der Waals surface area contributed by atoms with Crippen molar-refractivity contribution in [3.63, 3.8) is 0 Å². The maximum atomic E-state index is 13.0. The van der Waals surface area contributed by atoms with E-state index in [1.165, 1.54) is 12.1 Å².